The summed E-state index contributed by atoms with van der Waals surface area (Å²) >= 11 is 0. The number of carbonyl (C=O) groups is 2. The minimum Gasteiger partial charge on any atom is -0.334 e. The summed E-state index contributed by atoms with van der Waals surface area (Å²) in [5.74, 6) is -0.270. The molecule has 1 unspecified atom stereocenters. The molecule has 1 aliphatic heterocycles. The van der Waals surface area contributed by atoms with Crippen LogP contribution < -0.4 is 16.0 Å². The van der Waals surface area contributed by atoms with Gasteiger partial charge in [-0.05, 0) is 26.4 Å². The lowest BCUT2D eigenvalue weighted by molar-refractivity contribution is -0.121. The van der Waals surface area contributed by atoms with E-state index in [0.29, 0.717) is 12.6 Å². The van der Waals surface area contributed by atoms with Gasteiger partial charge in [-0.25, -0.2) is 4.79 Å². The third kappa shape index (κ3) is 7.15. The maximum absolute atomic E-state index is 11.6. The molecule has 0 bridgehead atoms. The van der Waals surface area contributed by atoms with E-state index in [1.54, 1.807) is 6.08 Å². The monoisotopic (exact) mass is 290 g/mol. The predicted molar refractivity (Wildman–Crippen MR) is 77.5 cm³/mol. The van der Waals surface area contributed by atoms with Crippen LogP contribution in [0.5, 0.6) is 0 Å². The first-order chi connectivity index (χ1) is 8.65. The standard InChI is InChI=1S/C12H22N4O2.ClH/c1-3-6-14-12(18)15-11(17)9-16-7-4-5-10(8-16)13-2;/h3,10,13H,1,4-9H2,2H3,(H2,14,15,17,18);1H. The van der Waals surface area contributed by atoms with Gasteiger partial charge in [-0.2, -0.15) is 0 Å². The van der Waals surface area contributed by atoms with Crippen LogP contribution in [-0.4, -0.2) is 56.1 Å². The number of halogens is 1. The Kier molecular flexibility index (Phi) is 9.20. The lowest BCUT2D eigenvalue weighted by Gasteiger charge is -2.31. The molecule has 19 heavy (non-hydrogen) atoms. The van der Waals surface area contributed by atoms with E-state index in [-0.39, 0.29) is 24.9 Å². The maximum Gasteiger partial charge on any atom is 0.321 e. The van der Waals surface area contributed by atoms with Crippen molar-refractivity contribution in [2.45, 2.75) is 18.9 Å². The summed E-state index contributed by atoms with van der Waals surface area (Å²) in [5, 5.41) is 8.01. The SMILES string of the molecule is C=CCNC(=O)NC(=O)CN1CCCC(NC)C1.Cl. The molecule has 0 saturated carbocycles. The fourth-order valence-electron chi connectivity index (χ4n) is 2.01. The second kappa shape index (κ2) is 9.77. The van der Waals surface area contributed by atoms with Crippen molar-refractivity contribution in [3.8, 4) is 0 Å². The van der Waals surface area contributed by atoms with E-state index in [2.05, 4.69) is 27.4 Å². The molecule has 110 valence electrons. The highest BCUT2D eigenvalue weighted by molar-refractivity contribution is 5.95. The van der Waals surface area contributed by atoms with Gasteiger partial charge in [0.05, 0.1) is 6.54 Å². The van der Waals surface area contributed by atoms with E-state index < -0.39 is 6.03 Å². The summed E-state index contributed by atoms with van der Waals surface area (Å²) in [5.41, 5.74) is 0. The highest BCUT2D eigenvalue weighted by atomic mass is 35.5. The molecule has 1 rings (SSSR count). The van der Waals surface area contributed by atoms with E-state index in [1.807, 2.05) is 7.05 Å². The van der Waals surface area contributed by atoms with Gasteiger partial charge in [-0.1, -0.05) is 6.08 Å². The molecule has 0 radical (unpaired) electrons. The topological polar surface area (TPSA) is 73.5 Å². The average molecular weight is 291 g/mol. The Morgan fingerprint density at radius 1 is 1.47 bits per heavy atom. The lowest BCUT2D eigenvalue weighted by atomic mass is 10.1. The molecule has 0 aromatic rings. The minimum absolute atomic E-state index is 0. The van der Waals surface area contributed by atoms with E-state index in [9.17, 15) is 9.59 Å². The zero-order valence-electron chi connectivity index (χ0n) is 11.3. The number of hydrogen-bond acceptors (Lipinski definition) is 4. The molecule has 1 fully saturated rings. The molecular formula is C12H23ClN4O2. The van der Waals surface area contributed by atoms with E-state index >= 15 is 0 Å². The minimum atomic E-state index is -0.470. The van der Waals surface area contributed by atoms with Crippen LogP contribution >= 0.6 is 12.4 Å². The lowest BCUT2D eigenvalue weighted by Crippen LogP contribution is -2.49. The summed E-state index contributed by atoms with van der Waals surface area (Å²) in [6.45, 7) is 5.84. The molecule has 0 spiro atoms. The summed E-state index contributed by atoms with van der Waals surface area (Å²) in [7, 11) is 1.93. The quantitative estimate of drug-likeness (QED) is 0.628. The molecule has 1 aliphatic rings. The molecule has 1 saturated heterocycles. The molecule has 0 aromatic carbocycles. The van der Waals surface area contributed by atoms with Crippen LogP contribution in [0.15, 0.2) is 12.7 Å². The van der Waals surface area contributed by atoms with Gasteiger partial charge in [0.1, 0.15) is 0 Å². The van der Waals surface area contributed by atoms with Gasteiger partial charge in [0, 0.05) is 19.1 Å². The van der Waals surface area contributed by atoms with Crippen molar-refractivity contribution in [2.24, 2.45) is 0 Å². The number of carbonyl (C=O) groups excluding carboxylic acids is 2. The Morgan fingerprint density at radius 2 is 2.21 bits per heavy atom. The van der Waals surface area contributed by atoms with Crippen LogP contribution in [-0.2, 0) is 4.79 Å². The highest BCUT2D eigenvalue weighted by Crippen LogP contribution is 2.08. The molecular weight excluding hydrogens is 268 g/mol. The molecule has 3 N–H and O–H groups in total. The van der Waals surface area contributed by atoms with Gasteiger partial charge < -0.3 is 10.6 Å². The van der Waals surface area contributed by atoms with Crippen molar-refractivity contribution in [2.75, 3.05) is 33.2 Å². The number of likely N-dealkylation sites (N-methyl/N-ethyl adjacent to an activating group) is 1. The van der Waals surface area contributed by atoms with Crippen LogP contribution in [0.25, 0.3) is 0 Å². The van der Waals surface area contributed by atoms with Crippen molar-refractivity contribution < 1.29 is 9.59 Å². The normalized spacial score (nSPS) is 19.1. The van der Waals surface area contributed by atoms with E-state index in [0.717, 1.165) is 25.9 Å². The predicted octanol–water partition coefficient (Wildman–Crippen LogP) is 0.104. The Bertz CT molecular complexity index is 312. The molecule has 0 aromatic heterocycles. The smallest absolute Gasteiger partial charge is 0.321 e. The third-order valence-electron chi connectivity index (χ3n) is 2.94. The Morgan fingerprint density at radius 3 is 2.84 bits per heavy atom. The first-order valence-corrected chi connectivity index (χ1v) is 6.24. The first kappa shape index (κ1) is 17.9. The average Bonchev–Trinajstić information content (AvgIpc) is 2.36. The van der Waals surface area contributed by atoms with Gasteiger partial charge in [-0.3, -0.25) is 15.0 Å². The number of rotatable bonds is 5. The third-order valence-corrected chi connectivity index (χ3v) is 2.94. The van der Waals surface area contributed by atoms with Gasteiger partial charge in [0.25, 0.3) is 0 Å². The molecule has 0 aliphatic carbocycles. The van der Waals surface area contributed by atoms with Crippen LogP contribution in [0.4, 0.5) is 4.79 Å². The zero-order valence-corrected chi connectivity index (χ0v) is 12.1. The number of piperidine rings is 1. The Balaban J connectivity index is 0.00000324. The molecule has 3 amide bonds. The van der Waals surface area contributed by atoms with E-state index in [1.165, 1.54) is 0 Å². The van der Waals surface area contributed by atoms with Gasteiger partial charge >= 0.3 is 6.03 Å². The summed E-state index contributed by atoms with van der Waals surface area (Å²) in [6, 6.07) is -0.0387. The molecule has 6 nitrogen and oxygen atoms in total. The van der Waals surface area contributed by atoms with Crippen molar-refractivity contribution in [1.82, 2.24) is 20.9 Å². The Hall–Kier alpha value is -1.11. The summed E-state index contributed by atoms with van der Waals surface area (Å²) < 4.78 is 0. The van der Waals surface area contributed by atoms with Gasteiger partial charge in [-0.15, -0.1) is 19.0 Å². The van der Waals surface area contributed by atoms with Crippen molar-refractivity contribution in [3.63, 3.8) is 0 Å². The maximum atomic E-state index is 11.6. The number of imide groups is 1. The number of nitrogens with zero attached hydrogens (tertiary/aromatic N) is 1. The van der Waals surface area contributed by atoms with Crippen LogP contribution in [0.1, 0.15) is 12.8 Å². The molecule has 1 atom stereocenters. The van der Waals surface area contributed by atoms with Crippen molar-refractivity contribution in [3.05, 3.63) is 12.7 Å². The van der Waals surface area contributed by atoms with Crippen molar-refractivity contribution in [1.29, 1.82) is 0 Å². The fourth-order valence-corrected chi connectivity index (χ4v) is 2.01. The van der Waals surface area contributed by atoms with Crippen molar-refractivity contribution >= 4 is 24.3 Å². The highest BCUT2D eigenvalue weighted by Gasteiger charge is 2.20. The van der Waals surface area contributed by atoms with Crippen LogP contribution in [0, 0.1) is 0 Å². The number of nitrogens with one attached hydrogen (secondary N) is 3. The Labute approximate surface area is 120 Å². The van der Waals surface area contributed by atoms with Gasteiger partial charge in [0.2, 0.25) is 5.91 Å². The fraction of sp³-hybridized carbons (Fsp3) is 0.667. The number of hydrogen-bond donors (Lipinski definition) is 3. The first-order valence-electron chi connectivity index (χ1n) is 6.24. The molecule has 1 heterocycles. The summed E-state index contributed by atoms with van der Waals surface area (Å²) in [4.78, 5) is 24.9. The second-order valence-corrected chi connectivity index (χ2v) is 4.41. The summed E-state index contributed by atoms with van der Waals surface area (Å²) in [6.07, 6.45) is 3.77. The van der Waals surface area contributed by atoms with Crippen LogP contribution in [0.3, 0.4) is 0 Å². The van der Waals surface area contributed by atoms with E-state index in [4.69, 9.17) is 0 Å². The largest absolute Gasteiger partial charge is 0.334 e. The zero-order chi connectivity index (χ0) is 13.4. The van der Waals surface area contributed by atoms with Crippen LogP contribution in [0.2, 0.25) is 0 Å². The number of likely N-dealkylation sites (tertiary alicyclic amines) is 1. The molecule has 7 heteroatoms. The number of urea groups is 1. The second-order valence-electron chi connectivity index (χ2n) is 4.41. The van der Waals surface area contributed by atoms with Gasteiger partial charge in [0.15, 0.2) is 0 Å². The number of amides is 3.